The molecule has 31 heavy (non-hydrogen) atoms. The Labute approximate surface area is 179 Å². The molecule has 0 spiro atoms. The number of alkyl halides is 1. The minimum Gasteiger partial charge on any atom is -0.493 e. The number of hydrogen-bond acceptors (Lipinski definition) is 4. The van der Waals surface area contributed by atoms with Gasteiger partial charge in [-0.15, -0.1) is 0 Å². The highest BCUT2D eigenvalue weighted by atomic mass is 19.1. The van der Waals surface area contributed by atoms with Crippen molar-refractivity contribution in [3.05, 3.63) is 52.4 Å². The van der Waals surface area contributed by atoms with E-state index in [1.807, 2.05) is 24.3 Å². The lowest BCUT2D eigenvalue weighted by atomic mass is 9.94. The second kappa shape index (κ2) is 8.19. The molecule has 1 amide bonds. The van der Waals surface area contributed by atoms with E-state index in [9.17, 15) is 14.0 Å². The molecule has 0 aliphatic carbocycles. The summed E-state index contributed by atoms with van der Waals surface area (Å²) in [7, 11) is 0. The van der Waals surface area contributed by atoms with Gasteiger partial charge in [-0.3, -0.25) is 14.5 Å². The summed E-state index contributed by atoms with van der Waals surface area (Å²) in [6, 6.07) is 11.7. The lowest BCUT2D eigenvalue weighted by Gasteiger charge is -2.29. The fraction of sp³-hybridized carbons (Fsp3) is 0.391. The smallest absolute Gasteiger partial charge is 0.265 e. The average molecular weight is 425 g/mol. The van der Waals surface area contributed by atoms with Gasteiger partial charge in [-0.25, -0.2) is 4.39 Å². The lowest BCUT2D eigenvalue weighted by Crippen LogP contribution is -2.36. The van der Waals surface area contributed by atoms with E-state index >= 15 is 0 Å². The Balaban J connectivity index is 1.48. The van der Waals surface area contributed by atoms with Crippen LogP contribution in [-0.4, -0.2) is 53.2 Å². The number of rotatable bonds is 7. The normalized spacial score (nSPS) is 17.3. The third-order valence-corrected chi connectivity index (χ3v) is 5.47. The van der Waals surface area contributed by atoms with Crippen molar-refractivity contribution in [2.24, 2.45) is 11.1 Å². The third kappa shape index (κ3) is 4.80. The summed E-state index contributed by atoms with van der Waals surface area (Å²) in [5, 5.41) is 0.892. The Kier molecular flexibility index (Phi) is 5.58. The first-order valence-electron chi connectivity index (χ1n) is 10.3. The first kappa shape index (κ1) is 21.1. The number of hydrogen-bond donors (Lipinski definition) is 3. The molecular formula is C23H26FN4O3. The average Bonchev–Trinajstić information content (AvgIpc) is 3.31. The Hall–Kier alpha value is -3.13. The SMILES string of the molecule is CC(C)(COc1ccc2[nH]c(-c3c[c]c(C(N)=O)[nH]c3=O)cc2c1)CN1CC[C@@H](F)C1. The van der Waals surface area contributed by atoms with Gasteiger partial charge in [0.15, 0.2) is 0 Å². The maximum atomic E-state index is 13.4. The molecule has 0 saturated carbocycles. The van der Waals surface area contributed by atoms with Gasteiger partial charge in [-0.2, -0.15) is 0 Å². The second-order valence-corrected chi connectivity index (χ2v) is 8.90. The molecule has 1 aliphatic rings. The maximum absolute atomic E-state index is 13.4. The molecule has 2 aromatic heterocycles. The van der Waals surface area contributed by atoms with Crippen LogP contribution in [0.5, 0.6) is 5.75 Å². The van der Waals surface area contributed by atoms with Crippen molar-refractivity contribution in [1.29, 1.82) is 0 Å². The van der Waals surface area contributed by atoms with E-state index < -0.39 is 17.6 Å². The monoisotopic (exact) mass is 425 g/mol. The van der Waals surface area contributed by atoms with Crippen LogP contribution in [0.3, 0.4) is 0 Å². The summed E-state index contributed by atoms with van der Waals surface area (Å²) in [4.78, 5) is 31.3. The zero-order valence-corrected chi connectivity index (χ0v) is 17.6. The number of nitrogens with two attached hydrogens (primary N) is 1. The molecule has 1 fully saturated rings. The van der Waals surface area contributed by atoms with Crippen LogP contribution >= 0.6 is 0 Å². The molecular weight excluding hydrogens is 399 g/mol. The summed E-state index contributed by atoms with van der Waals surface area (Å²) in [5.74, 6) is -0.0142. The standard InChI is InChI=1S/C23H26FN4O3/c1-23(2,12-28-8-7-15(24)11-28)13-31-16-3-5-18-14(9-16)10-20(26-18)17-4-6-19(21(25)29)27-22(17)30/h3-5,9-10,15,26H,7-8,11-13H2,1-2H3,(H2,25,29)(H,27,30)/t15-/m1/s1. The molecule has 0 bridgehead atoms. The van der Waals surface area contributed by atoms with E-state index in [2.05, 4.69) is 34.8 Å². The second-order valence-electron chi connectivity index (χ2n) is 8.90. The number of H-pyrrole nitrogens is 2. The Morgan fingerprint density at radius 1 is 1.35 bits per heavy atom. The fourth-order valence-corrected chi connectivity index (χ4v) is 3.96. The molecule has 1 radical (unpaired) electrons. The number of nitrogens with one attached hydrogen (secondary N) is 2. The first-order chi connectivity index (χ1) is 14.7. The largest absolute Gasteiger partial charge is 0.493 e. The number of halogens is 1. The zero-order chi connectivity index (χ0) is 22.2. The summed E-state index contributed by atoms with van der Waals surface area (Å²) in [5.41, 5.74) is 6.41. The molecule has 4 rings (SSSR count). The predicted octanol–water partition coefficient (Wildman–Crippen LogP) is 2.87. The van der Waals surface area contributed by atoms with Gasteiger partial charge in [0.1, 0.15) is 17.6 Å². The molecule has 163 valence electrons. The van der Waals surface area contributed by atoms with Gasteiger partial charge in [-0.1, -0.05) is 13.8 Å². The number of fused-ring (bicyclic) bond motifs is 1. The van der Waals surface area contributed by atoms with Crippen molar-refractivity contribution in [2.45, 2.75) is 26.4 Å². The highest BCUT2D eigenvalue weighted by molar-refractivity contribution is 5.91. The molecule has 7 nitrogen and oxygen atoms in total. The number of aromatic amines is 2. The molecule has 4 N–H and O–H groups in total. The fourth-order valence-electron chi connectivity index (χ4n) is 3.96. The molecule has 0 unspecified atom stereocenters. The molecule has 1 atom stereocenters. The van der Waals surface area contributed by atoms with Gasteiger partial charge < -0.3 is 20.4 Å². The Morgan fingerprint density at radius 2 is 2.16 bits per heavy atom. The Bertz CT molecular complexity index is 1170. The van der Waals surface area contributed by atoms with Gasteiger partial charge in [-0.05, 0) is 36.8 Å². The van der Waals surface area contributed by atoms with Gasteiger partial charge in [0.25, 0.3) is 11.5 Å². The molecule has 3 aromatic rings. The number of ether oxygens (including phenoxy) is 1. The van der Waals surface area contributed by atoms with Crippen LogP contribution in [0.2, 0.25) is 0 Å². The number of amides is 1. The summed E-state index contributed by atoms with van der Waals surface area (Å²) in [6.45, 7) is 6.81. The van der Waals surface area contributed by atoms with Gasteiger partial charge in [0.05, 0.1) is 17.9 Å². The summed E-state index contributed by atoms with van der Waals surface area (Å²) in [6.07, 6.45) is -0.117. The van der Waals surface area contributed by atoms with Crippen LogP contribution in [-0.2, 0) is 0 Å². The zero-order valence-electron chi connectivity index (χ0n) is 17.6. The summed E-state index contributed by atoms with van der Waals surface area (Å²) < 4.78 is 19.5. The van der Waals surface area contributed by atoms with Gasteiger partial charge >= 0.3 is 0 Å². The van der Waals surface area contributed by atoms with E-state index in [1.54, 1.807) is 0 Å². The molecule has 1 aromatic carbocycles. The highest BCUT2D eigenvalue weighted by Crippen LogP contribution is 2.28. The topological polar surface area (TPSA) is 104 Å². The number of pyridine rings is 1. The number of likely N-dealkylation sites (tertiary alicyclic amines) is 1. The number of nitrogens with zero attached hydrogens (tertiary/aromatic N) is 1. The number of primary amides is 1. The van der Waals surface area contributed by atoms with Gasteiger partial charge in [0, 0.05) is 42.0 Å². The van der Waals surface area contributed by atoms with Crippen LogP contribution in [0.1, 0.15) is 30.8 Å². The van der Waals surface area contributed by atoms with Crippen molar-refractivity contribution in [3.8, 4) is 17.0 Å². The van der Waals surface area contributed by atoms with Crippen LogP contribution in [0.4, 0.5) is 4.39 Å². The van der Waals surface area contributed by atoms with Crippen LogP contribution < -0.4 is 16.0 Å². The summed E-state index contributed by atoms with van der Waals surface area (Å²) >= 11 is 0. The van der Waals surface area contributed by atoms with Crippen molar-refractivity contribution >= 4 is 16.8 Å². The molecule has 1 saturated heterocycles. The molecule has 8 heteroatoms. The van der Waals surface area contributed by atoms with E-state index in [1.165, 1.54) is 6.07 Å². The molecule has 1 aliphatic heterocycles. The number of carbonyl (C=O) groups is 1. The Morgan fingerprint density at radius 3 is 2.84 bits per heavy atom. The molecule has 3 heterocycles. The van der Waals surface area contributed by atoms with Crippen LogP contribution in [0, 0.1) is 11.5 Å². The predicted molar refractivity (Wildman–Crippen MR) is 117 cm³/mol. The van der Waals surface area contributed by atoms with Crippen LogP contribution in [0.25, 0.3) is 22.2 Å². The van der Waals surface area contributed by atoms with Crippen molar-refractivity contribution < 1.29 is 13.9 Å². The first-order valence-corrected chi connectivity index (χ1v) is 10.3. The van der Waals surface area contributed by atoms with E-state index in [4.69, 9.17) is 10.5 Å². The lowest BCUT2D eigenvalue weighted by molar-refractivity contribution is 0.0995. The third-order valence-electron chi connectivity index (χ3n) is 5.47. The van der Waals surface area contributed by atoms with Gasteiger partial charge in [0.2, 0.25) is 0 Å². The van der Waals surface area contributed by atoms with Crippen molar-refractivity contribution in [3.63, 3.8) is 0 Å². The van der Waals surface area contributed by atoms with Crippen LogP contribution in [0.15, 0.2) is 35.1 Å². The number of benzene rings is 1. The van der Waals surface area contributed by atoms with E-state index in [0.29, 0.717) is 30.8 Å². The van der Waals surface area contributed by atoms with E-state index in [0.717, 1.165) is 29.7 Å². The maximum Gasteiger partial charge on any atom is 0.265 e. The van der Waals surface area contributed by atoms with E-state index in [-0.39, 0.29) is 11.1 Å². The minimum absolute atomic E-state index is 0.0564. The minimum atomic E-state index is -0.737. The number of aromatic nitrogens is 2. The van der Waals surface area contributed by atoms with Crippen molar-refractivity contribution in [2.75, 3.05) is 26.2 Å². The highest BCUT2D eigenvalue weighted by Gasteiger charge is 2.28. The van der Waals surface area contributed by atoms with Crippen molar-refractivity contribution in [1.82, 2.24) is 14.9 Å². The number of carbonyl (C=O) groups excluding carboxylic acids is 1. The quantitative estimate of drug-likeness (QED) is 0.541.